The summed E-state index contributed by atoms with van der Waals surface area (Å²) in [5.41, 5.74) is 0. The molecule has 0 bridgehead atoms. The van der Waals surface area contributed by atoms with E-state index >= 15 is 0 Å². The molecule has 0 aromatic carbocycles. The normalized spacial score (nSPS) is 18.1. The summed E-state index contributed by atoms with van der Waals surface area (Å²) in [6, 6.07) is 0. The average molecular weight is 393 g/mol. The van der Waals surface area contributed by atoms with E-state index in [1.54, 1.807) is 5.20 Å². The van der Waals surface area contributed by atoms with E-state index < -0.39 is 37.2 Å². The minimum absolute atomic E-state index is 0.808. The van der Waals surface area contributed by atoms with Crippen molar-refractivity contribution in [2.75, 3.05) is 0 Å². The van der Waals surface area contributed by atoms with Gasteiger partial charge in [-0.2, -0.15) is 0 Å². The maximum absolute atomic E-state index is 6.91. The summed E-state index contributed by atoms with van der Waals surface area (Å²) < 4.78 is 6.95. The Morgan fingerprint density at radius 1 is 1.26 bits per heavy atom. The van der Waals surface area contributed by atoms with Gasteiger partial charge in [-0.3, -0.25) is 0 Å². The van der Waals surface area contributed by atoms with E-state index in [0.29, 0.717) is 0 Å². The molecule has 1 aliphatic carbocycles. The second kappa shape index (κ2) is 6.90. The molecule has 1 unspecified atom stereocenters. The van der Waals surface area contributed by atoms with Gasteiger partial charge in [-0.05, 0) is 0 Å². The van der Waals surface area contributed by atoms with Gasteiger partial charge in [0.15, 0.2) is 0 Å². The summed E-state index contributed by atoms with van der Waals surface area (Å²) >= 11 is 5.68. The molecule has 0 aliphatic heterocycles. The van der Waals surface area contributed by atoms with E-state index in [1.165, 1.54) is 19.3 Å². The average Bonchev–Trinajstić information content (AvgIpc) is 2.73. The van der Waals surface area contributed by atoms with Crippen molar-refractivity contribution in [3.05, 3.63) is 20.6 Å². The van der Waals surface area contributed by atoms with Gasteiger partial charge in [-0.1, -0.05) is 0 Å². The molecule has 0 saturated heterocycles. The fourth-order valence-electron chi connectivity index (χ4n) is 3.62. The van der Waals surface area contributed by atoms with Crippen LogP contribution < -0.4 is 0 Å². The van der Waals surface area contributed by atoms with Crippen LogP contribution in [0.25, 0.3) is 0 Å². The third-order valence-electron chi connectivity index (χ3n) is 4.51. The molecule has 0 radical (unpaired) electrons. The molecule has 0 nitrogen and oxygen atoms in total. The quantitative estimate of drug-likeness (QED) is 0.366. The molecule has 1 rings (SSSR count). The van der Waals surface area contributed by atoms with Crippen LogP contribution in [0.2, 0.25) is 40.6 Å². The molecule has 0 N–H and O–H groups in total. The van der Waals surface area contributed by atoms with Crippen molar-refractivity contribution in [2.24, 2.45) is 0 Å². The van der Waals surface area contributed by atoms with Crippen molar-refractivity contribution in [3.63, 3.8) is 0 Å². The van der Waals surface area contributed by atoms with Gasteiger partial charge in [0, 0.05) is 0 Å². The van der Waals surface area contributed by atoms with Gasteiger partial charge in [0.25, 0.3) is 0 Å². The van der Waals surface area contributed by atoms with E-state index in [-0.39, 0.29) is 0 Å². The van der Waals surface area contributed by atoms with Crippen LogP contribution in [0.4, 0.5) is 0 Å². The Kier molecular flexibility index (Phi) is 6.58. The van der Waals surface area contributed by atoms with Crippen molar-refractivity contribution in [1.82, 2.24) is 0 Å². The van der Waals surface area contributed by atoms with Gasteiger partial charge in [-0.25, -0.2) is 0 Å². The molecule has 4 heteroatoms. The molecule has 0 heterocycles. The summed E-state index contributed by atoms with van der Waals surface area (Å²) in [6.45, 7) is 12.2. The Hall–Kier alpha value is 1.09. The fourth-order valence-corrected chi connectivity index (χ4v) is 24.2. The van der Waals surface area contributed by atoms with Crippen LogP contribution >= 0.6 is 11.1 Å². The van der Waals surface area contributed by atoms with E-state index in [1.807, 2.05) is 3.28 Å². The summed E-state index contributed by atoms with van der Waals surface area (Å²) in [6.07, 6.45) is 8.77. The van der Waals surface area contributed by atoms with Gasteiger partial charge < -0.3 is 0 Å². The fraction of sp³-hybridized carbons (Fsp3) is 0.733. The monoisotopic (exact) mass is 391 g/mol. The minimum atomic E-state index is -1.59. The first-order valence-corrected chi connectivity index (χ1v) is 20.8. The van der Waals surface area contributed by atoms with Crippen molar-refractivity contribution >= 4 is 26.5 Å². The molecular formula is C15H30ClSi2Zr. The van der Waals surface area contributed by atoms with Crippen molar-refractivity contribution in [2.45, 2.75) is 66.8 Å². The molecule has 1 atom stereocenters. The summed E-state index contributed by atoms with van der Waals surface area (Å²) in [5.74, 6) is 0. The van der Waals surface area contributed by atoms with Gasteiger partial charge in [0.1, 0.15) is 0 Å². The number of hydrogen-bond donors (Lipinski definition) is 0. The molecular weight excluding hydrogens is 363 g/mol. The van der Waals surface area contributed by atoms with Gasteiger partial charge in [-0.15, -0.1) is 0 Å². The third kappa shape index (κ3) is 4.28. The predicted octanol–water partition coefficient (Wildman–Crippen LogP) is 6.32. The predicted molar refractivity (Wildman–Crippen MR) is 92.0 cm³/mol. The van der Waals surface area contributed by atoms with Crippen LogP contribution in [0.1, 0.15) is 26.2 Å². The summed E-state index contributed by atoms with van der Waals surface area (Å²) in [7, 11) is -3.00. The first-order chi connectivity index (χ1) is 8.62. The number of allylic oxidation sites excluding steroid dienone is 4. The van der Waals surface area contributed by atoms with Crippen LogP contribution in [0.3, 0.4) is 0 Å². The van der Waals surface area contributed by atoms with Crippen LogP contribution in [-0.2, 0) is 21.8 Å². The Labute approximate surface area is 135 Å². The zero-order valence-electron chi connectivity index (χ0n) is 13.7. The van der Waals surface area contributed by atoms with Gasteiger partial charge in [0.05, 0.1) is 0 Å². The first kappa shape index (κ1) is 18.1. The molecule has 109 valence electrons. The third-order valence-corrected chi connectivity index (χ3v) is 20.8. The molecule has 19 heavy (non-hydrogen) atoms. The zero-order valence-corrected chi connectivity index (χ0v) is 18.9. The molecule has 0 spiro atoms. The SMILES string of the molecule is CCCC([Si](C)(C)Cl)[Si](C)(C)C1=[C]([Zr]([CH3])[CH3])CC=C1. The molecule has 0 aromatic rings. The molecule has 0 fully saturated rings. The summed E-state index contributed by atoms with van der Waals surface area (Å²) in [5, 5.41) is 2.61. The first-order valence-electron chi connectivity index (χ1n) is 7.52. The molecule has 0 amide bonds. The Morgan fingerprint density at radius 3 is 2.26 bits per heavy atom. The van der Waals surface area contributed by atoms with E-state index in [4.69, 9.17) is 11.1 Å². The second-order valence-electron chi connectivity index (χ2n) is 7.13. The zero-order chi connectivity index (χ0) is 14.8. The van der Waals surface area contributed by atoms with E-state index in [0.717, 1.165) is 5.16 Å². The van der Waals surface area contributed by atoms with Crippen LogP contribution in [-0.4, -0.2) is 15.5 Å². The molecule has 1 aliphatic rings. The number of hydrogen-bond acceptors (Lipinski definition) is 0. The topological polar surface area (TPSA) is 0 Å². The Balaban J connectivity index is 3.20. The second-order valence-corrected chi connectivity index (χ2v) is 25.5. The standard InChI is InChI=1S/C13H24ClSi2.2CH3.Zr/c1-6-9-13(16(4,5)14)15(2,3)12-10-7-8-11-12;;;/h7,10,13H,6,8-9H2,1-5H3;2*1H3;. The Morgan fingerprint density at radius 2 is 1.84 bits per heavy atom. The van der Waals surface area contributed by atoms with Gasteiger partial charge in [0.2, 0.25) is 0 Å². The van der Waals surface area contributed by atoms with E-state index in [9.17, 15) is 0 Å². The van der Waals surface area contributed by atoms with Crippen LogP contribution in [0.5, 0.6) is 0 Å². The molecule has 0 aromatic heterocycles. The molecule has 0 saturated carbocycles. The van der Waals surface area contributed by atoms with Crippen LogP contribution in [0.15, 0.2) is 20.6 Å². The maximum atomic E-state index is 6.91. The van der Waals surface area contributed by atoms with Crippen molar-refractivity contribution < 1.29 is 21.8 Å². The van der Waals surface area contributed by atoms with Crippen molar-refractivity contribution in [3.8, 4) is 0 Å². The van der Waals surface area contributed by atoms with E-state index in [2.05, 4.69) is 54.5 Å². The van der Waals surface area contributed by atoms with Crippen molar-refractivity contribution in [1.29, 1.82) is 0 Å². The summed E-state index contributed by atoms with van der Waals surface area (Å²) in [4.78, 5) is 0. The Bertz CT molecular complexity index is 378. The van der Waals surface area contributed by atoms with Gasteiger partial charge >= 0.3 is 136 Å². The number of rotatable bonds is 6. The number of halogens is 1. The van der Waals surface area contributed by atoms with Crippen LogP contribution in [0, 0.1) is 0 Å².